The molecule has 0 saturated carbocycles. The predicted octanol–water partition coefficient (Wildman–Crippen LogP) is 3.00. The van der Waals surface area contributed by atoms with Gasteiger partial charge in [-0.15, -0.1) is 0 Å². The van der Waals surface area contributed by atoms with E-state index in [1.54, 1.807) is 0 Å². The number of rotatable bonds is 9. The van der Waals surface area contributed by atoms with Crippen molar-refractivity contribution in [2.45, 2.75) is 59.4 Å². The SMILES string of the molecule is CCCN(CC(=O)O)C(CC)CC(C)CC. The van der Waals surface area contributed by atoms with Crippen molar-refractivity contribution in [3.63, 3.8) is 0 Å². The average molecular weight is 229 g/mol. The number of carboxylic acid groups (broad SMARTS) is 1. The maximum absolute atomic E-state index is 10.8. The minimum absolute atomic E-state index is 0.183. The maximum atomic E-state index is 10.8. The van der Waals surface area contributed by atoms with Crippen LogP contribution in [-0.4, -0.2) is 35.1 Å². The van der Waals surface area contributed by atoms with Crippen molar-refractivity contribution in [1.29, 1.82) is 0 Å². The molecule has 0 radical (unpaired) electrons. The molecule has 0 bridgehead atoms. The quantitative estimate of drug-likeness (QED) is 0.660. The van der Waals surface area contributed by atoms with Gasteiger partial charge in [-0.3, -0.25) is 9.69 Å². The molecule has 0 aromatic heterocycles. The second-order valence-electron chi connectivity index (χ2n) is 4.68. The summed E-state index contributed by atoms with van der Waals surface area (Å²) < 4.78 is 0. The lowest BCUT2D eigenvalue weighted by atomic mass is 9.96. The molecule has 0 aliphatic carbocycles. The Hall–Kier alpha value is -0.570. The van der Waals surface area contributed by atoms with Gasteiger partial charge in [0.15, 0.2) is 0 Å². The van der Waals surface area contributed by atoms with Crippen LogP contribution in [0.3, 0.4) is 0 Å². The summed E-state index contributed by atoms with van der Waals surface area (Å²) in [6.45, 7) is 9.76. The van der Waals surface area contributed by atoms with Crippen LogP contribution in [0, 0.1) is 5.92 Å². The molecule has 0 aromatic carbocycles. The Labute approximate surface area is 99.8 Å². The van der Waals surface area contributed by atoms with Crippen molar-refractivity contribution in [3.8, 4) is 0 Å². The molecule has 3 nitrogen and oxygen atoms in total. The van der Waals surface area contributed by atoms with E-state index in [1.807, 2.05) is 0 Å². The topological polar surface area (TPSA) is 40.5 Å². The van der Waals surface area contributed by atoms with E-state index in [0.29, 0.717) is 12.0 Å². The summed E-state index contributed by atoms with van der Waals surface area (Å²) in [6, 6.07) is 0.422. The molecule has 3 heteroatoms. The van der Waals surface area contributed by atoms with Crippen LogP contribution in [0.2, 0.25) is 0 Å². The lowest BCUT2D eigenvalue weighted by Crippen LogP contribution is -2.40. The highest BCUT2D eigenvalue weighted by Gasteiger charge is 2.20. The summed E-state index contributed by atoms with van der Waals surface area (Å²) in [7, 11) is 0. The highest BCUT2D eigenvalue weighted by molar-refractivity contribution is 5.69. The molecule has 16 heavy (non-hydrogen) atoms. The Morgan fingerprint density at radius 2 is 1.88 bits per heavy atom. The molecule has 0 rings (SSSR count). The van der Waals surface area contributed by atoms with E-state index in [-0.39, 0.29) is 6.54 Å². The number of carbonyl (C=O) groups is 1. The van der Waals surface area contributed by atoms with E-state index in [0.717, 1.165) is 25.8 Å². The first-order valence-electron chi connectivity index (χ1n) is 6.50. The zero-order chi connectivity index (χ0) is 12.6. The van der Waals surface area contributed by atoms with E-state index in [4.69, 9.17) is 5.11 Å². The first-order valence-corrected chi connectivity index (χ1v) is 6.50. The van der Waals surface area contributed by atoms with E-state index < -0.39 is 5.97 Å². The molecule has 0 aliphatic heterocycles. The Morgan fingerprint density at radius 3 is 2.25 bits per heavy atom. The van der Waals surface area contributed by atoms with Gasteiger partial charge in [-0.1, -0.05) is 34.1 Å². The second-order valence-corrected chi connectivity index (χ2v) is 4.68. The molecule has 0 fully saturated rings. The van der Waals surface area contributed by atoms with Crippen molar-refractivity contribution < 1.29 is 9.90 Å². The van der Waals surface area contributed by atoms with Crippen LogP contribution >= 0.6 is 0 Å². The molecule has 1 N–H and O–H groups in total. The zero-order valence-corrected chi connectivity index (χ0v) is 11.2. The molecule has 2 unspecified atom stereocenters. The fraction of sp³-hybridized carbons (Fsp3) is 0.923. The van der Waals surface area contributed by atoms with Crippen LogP contribution in [0.25, 0.3) is 0 Å². The minimum atomic E-state index is -0.712. The van der Waals surface area contributed by atoms with Gasteiger partial charge in [-0.25, -0.2) is 0 Å². The number of hydrogen-bond acceptors (Lipinski definition) is 2. The predicted molar refractivity (Wildman–Crippen MR) is 67.7 cm³/mol. The van der Waals surface area contributed by atoms with Gasteiger partial charge in [0, 0.05) is 6.04 Å². The number of carboxylic acids is 1. The normalized spacial score (nSPS) is 15.1. The van der Waals surface area contributed by atoms with Crippen LogP contribution in [0.15, 0.2) is 0 Å². The van der Waals surface area contributed by atoms with Gasteiger partial charge in [-0.05, 0) is 31.7 Å². The number of aliphatic carboxylic acids is 1. The molecule has 0 spiro atoms. The molecule has 0 aromatic rings. The third kappa shape index (κ3) is 6.11. The summed E-state index contributed by atoms with van der Waals surface area (Å²) in [5.74, 6) is -0.0332. The molecule has 0 heterocycles. The summed E-state index contributed by atoms with van der Waals surface area (Å²) in [4.78, 5) is 12.9. The Balaban J connectivity index is 4.37. The van der Waals surface area contributed by atoms with Crippen LogP contribution in [0.4, 0.5) is 0 Å². The second kappa shape index (κ2) is 8.57. The lowest BCUT2D eigenvalue weighted by Gasteiger charge is -2.31. The average Bonchev–Trinajstić information content (AvgIpc) is 2.24. The Bertz CT molecular complexity index is 194. The standard InChI is InChI=1S/C13H27NO2/c1-5-8-14(10-13(15)16)12(7-3)9-11(4)6-2/h11-12H,5-10H2,1-4H3,(H,15,16). The van der Waals surface area contributed by atoms with Gasteiger partial charge >= 0.3 is 5.97 Å². The van der Waals surface area contributed by atoms with E-state index in [9.17, 15) is 4.79 Å². The smallest absolute Gasteiger partial charge is 0.317 e. The third-order valence-corrected chi connectivity index (χ3v) is 3.21. The zero-order valence-electron chi connectivity index (χ0n) is 11.2. The fourth-order valence-corrected chi connectivity index (χ4v) is 2.06. The highest BCUT2D eigenvalue weighted by Crippen LogP contribution is 2.17. The number of nitrogens with zero attached hydrogens (tertiary/aromatic N) is 1. The fourth-order valence-electron chi connectivity index (χ4n) is 2.06. The summed E-state index contributed by atoms with van der Waals surface area (Å²) >= 11 is 0. The summed E-state index contributed by atoms with van der Waals surface area (Å²) in [5.41, 5.74) is 0. The largest absolute Gasteiger partial charge is 0.480 e. The van der Waals surface area contributed by atoms with E-state index in [1.165, 1.54) is 6.42 Å². The van der Waals surface area contributed by atoms with E-state index >= 15 is 0 Å². The Kier molecular flexibility index (Phi) is 8.26. The highest BCUT2D eigenvalue weighted by atomic mass is 16.4. The van der Waals surface area contributed by atoms with Gasteiger partial charge in [0.05, 0.1) is 6.54 Å². The maximum Gasteiger partial charge on any atom is 0.317 e. The van der Waals surface area contributed by atoms with Gasteiger partial charge in [0.2, 0.25) is 0 Å². The first-order chi connectivity index (χ1) is 7.54. The minimum Gasteiger partial charge on any atom is -0.480 e. The summed E-state index contributed by atoms with van der Waals surface area (Å²) in [6.07, 6.45) is 4.34. The third-order valence-electron chi connectivity index (χ3n) is 3.21. The first kappa shape index (κ1) is 15.4. The van der Waals surface area contributed by atoms with Gasteiger partial charge in [0.1, 0.15) is 0 Å². The molecule has 0 aliphatic rings. The van der Waals surface area contributed by atoms with Crippen LogP contribution in [0.1, 0.15) is 53.4 Å². The Morgan fingerprint density at radius 1 is 1.25 bits per heavy atom. The molecular weight excluding hydrogens is 202 g/mol. The van der Waals surface area contributed by atoms with Gasteiger partial charge in [0.25, 0.3) is 0 Å². The molecule has 0 saturated heterocycles. The lowest BCUT2D eigenvalue weighted by molar-refractivity contribution is -0.139. The monoisotopic (exact) mass is 229 g/mol. The molecule has 96 valence electrons. The van der Waals surface area contributed by atoms with Crippen molar-refractivity contribution in [1.82, 2.24) is 4.90 Å². The van der Waals surface area contributed by atoms with Crippen LogP contribution in [0.5, 0.6) is 0 Å². The van der Waals surface area contributed by atoms with Crippen LogP contribution in [-0.2, 0) is 4.79 Å². The van der Waals surface area contributed by atoms with Gasteiger partial charge < -0.3 is 5.11 Å². The van der Waals surface area contributed by atoms with Crippen molar-refractivity contribution in [2.75, 3.05) is 13.1 Å². The van der Waals surface area contributed by atoms with E-state index in [2.05, 4.69) is 32.6 Å². The molecular formula is C13H27NO2. The van der Waals surface area contributed by atoms with Crippen molar-refractivity contribution in [3.05, 3.63) is 0 Å². The number of hydrogen-bond donors (Lipinski definition) is 1. The molecule has 0 amide bonds. The molecule has 2 atom stereocenters. The van der Waals surface area contributed by atoms with Crippen molar-refractivity contribution >= 4 is 5.97 Å². The van der Waals surface area contributed by atoms with Gasteiger partial charge in [-0.2, -0.15) is 0 Å². The van der Waals surface area contributed by atoms with Crippen LogP contribution < -0.4 is 0 Å². The van der Waals surface area contributed by atoms with Crippen molar-refractivity contribution in [2.24, 2.45) is 5.92 Å². The summed E-state index contributed by atoms with van der Waals surface area (Å²) in [5, 5.41) is 8.90.